The lowest BCUT2D eigenvalue weighted by Gasteiger charge is -2.41. The van der Waals surface area contributed by atoms with Crippen molar-refractivity contribution in [3.8, 4) is 0 Å². The largest absolute Gasteiger partial charge is 0.456 e. The number of esters is 1. The summed E-state index contributed by atoms with van der Waals surface area (Å²) in [5.41, 5.74) is 1.05. The molecule has 1 N–H and O–H groups in total. The highest BCUT2D eigenvalue weighted by Gasteiger charge is 2.45. The van der Waals surface area contributed by atoms with Gasteiger partial charge in [0.2, 0.25) is 11.6 Å². The van der Waals surface area contributed by atoms with E-state index in [0.717, 1.165) is 6.42 Å². The Kier molecular flexibility index (Phi) is 12.8. The average molecular weight is 636 g/mol. The fourth-order valence-corrected chi connectivity index (χ4v) is 5.79. The Balaban J connectivity index is 2.53. The van der Waals surface area contributed by atoms with Crippen LogP contribution in [0.15, 0.2) is 71.8 Å². The molecule has 0 heterocycles. The van der Waals surface area contributed by atoms with E-state index in [9.17, 15) is 19.2 Å². The van der Waals surface area contributed by atoms with Crippen LogP contribution in [0.5, 0.6) is 0 Å². The molecule has 1 amide bonds. The predicted octanol–water partition coefficient (Wildman–Crippen LogP) is 8.03. The van der Waals surface area contributed by atoms with E-state index in [1.54, 1.807) is 58.9 Å². The van der Waals surface area contributed by atoms with Crippen molar-refractivity contribution in [3.05, 3.63) is 82.9 Å². The standard InChI is InChI=1S/C37H53NO6Si/c1-13-24(2)37(9,10)33(40)31(39)26(4)25(3)27(5)43-35(42)32(44-45(11,12)36(6,7)8)30(28-20-16-14-17-21-28)38-34(41)29-22-18-15-19-23-29/h14-24,27,30,32H,13H2,1-12H3,(H,38,41)/b26-25+/t24-,27-,30-,32+/m0/s1. The Morgan fingerprint density at radius 1 is 0.844 bits per heavy atom. The number of carbonyl (C=O) groups is 4. The molecule has 0 spiro atoms. The number of allylic oxidation sites excluding steroid dienone is 1. The van der Waals surface area contributed by atoms with Crippen LogP contribution in [0.1, 0.15) is 97.6 Å². The van der Waals surface area contributed by atoms with E-state index >= 15 is 0 Å². The first kappa shape index (κ1) is 37.8. The molecule has 0 saturated carbocycles. The number of Topliss-reactive ketones (excluding diaryl/α,β-unsaturated/α-hetero) is 2. The van der Waals surface area contributed by atoms with Gasteiger partial charge in [-0.25, -0.2) is 4.79 Å². The number of hydrogen-bond acceptors (Lipinski definition) is 6. The zero-order chi connectivity index (χ0) is 34.3. The van der Waals surface area contributed by atoms with E-state index in [2.05, 4.69) is 26.1 Å². The lowest BCUT2D eigenvalue weighted by molar-refractivity contribution is -0.157. The molecule has 2 aromatic carbocycles. The quantitative estimate of drug-likeness (QED) is 0.0977. The maximum absolute atomic E-state index is 14.2. The van der Waals surface area contributed by atoms with Gasteiger partial charge in [-0.05, 0) is 68.1 Å². The zero-order valence-electron chi connectivity index (χ0n) is 29.2. The van der Waals surface area contributed by atoms with Crippen molar-refractivity contribution in [1.29, 1.82) is 0 Å². The summed E-state index contributed by atoms with van der Waals surface area (Å²) in [4.78, 5) is 54.1. The van der Waals surface area contributed by atoms with Crippen LogP contribution >= 0.6 is 0 Å². The number of rotatable bonds is 14. The molecule has 2 rings (SSSR count). The zero-order valence-corrected chi connectivity index (χ0v) is 30.2. The summed E-state index contributed by atoms with van der Waals surface area (Å²) in [6.07, 6.45) is -1.24. The van der Waals surface area contributed by atoms with Crippen LogP contribution in [-0.4, -0.2) is 44.0 Å². The summed E-state index contributed by atoms with van der Waals surface area (Å²) in [5.74, 6) is -2.03. The third kappa shape index (κ3) is 9.33. The molecule has 246 valence electrons. The molecule has 7 nitrogen and oxygen atoms in total. The monoisotopic (exact) mass is 635 g/mol. The van der Waals surface area contributed by atoms with E-state index in [1.165, 1.54) is 0 Å². The number of benzene rings is 2. The number of ether oxygens (including phenoxy) is 1. The molecule has 0 saturated heterocycles. The van der Waals surface area contributed by atoms with E-state index < -0.39 is 49.5 Å². The van der Waals surface area contributed by atoms with Crippen molar-refractivity contribution in [2.24, 2.45) is 11.3 Å². The number of amides is 1. The fraction of sp³-hybridized carbons (Fsp3) is 0.514. The second-order valence-electron chi connectivity index (χ2n) is 14.1. The first-order valence-corrected chi connectivity index (χ1v) is 18.7. The molecule has 0 radical (unpaired) electrons. The van der Waals surface area contributed by atoms with Crippen LogP contribution in [0.4, 0.5) is 0 Å². The highest BCUT2D eigenvalue weighted by atomic mass is 28.4. The highest BCUT2D eigenvalue weighted by molar-refractivity contribution is 6.74. The molecule has 0 aliphatic rings. The molecular weight excluding hydrogens is 582 g/mol. The van der Waals surface area contributed by atoms with Gasteiger partial charge in [-0.15, -0.1) is 0 Å². The molecule has 4 atom stereocenters. The Labute approximate surface area is 271 Å². The van der Waals surface area contributed by atoms with Crippen LogP contribution in [0.25, 0.3) is 0 Å². The number of ketones is 2. The van der Waals surface area contributed by atoms with Gasteiger partial charge >= 0.3 is 5.97 Å². The van der Waals surface area contributed by atoms with Crippen molar-refractivity contribution in [1.82, 2.24) is 5.32 Å². The molecule has 0 unspecified atom stereocenters. The average Bonchev–Trinajstić information content (AvgIpc) is 3.00. The van der Waals surface area contributed by atoms with Gasteiger partial charge in [0.25, 0.3) is 5.91 Å². The maximum Gasteiger partial charge on any atom is 0.337 e. The van der Waals surface area contributed by atoms with Crippen LogP contribution in [0, 0.1) is 11.3 Å². The van der Waals surface area contributed by atoms with Crippen molar-refractivity contribution >= 4 is 31.8 Å². The number of hydrogen-bond donors (Lipinski definition) is 1. The van der Waals surface area contributed by atoms with Gasteiger partial charge in [-0.1, -0.05) is 103 Å². The SMILES string of the molecule is CC[C@H](C)C(C)(C)C(=O)C(=O)/C(C)=C(\C)[C@H](C)OC(=O)[C@H](O[Si](C)(C)C(C)(C)C)[C@@H](NC(=O)c1ccccc1)c1ccccc1. The lowest BCUT2D eigenvalue weighted by atomic mass is 9.73. The molecule has 2 aromatic rings. The minimum Gasteiger partial charge on any atom is -0.456 e. The normalized spacial score (nSPS) is 15.6. The third-order valence-corrected chi connectivity index (χ3v) is 14.2. The van der Waals surface area contributed by atoms with Crippen molar-refractivity contribution < 1.29 is 28.3 Å². The van der Waals surface area contributed by atoms with Crippen molar-refractivity contribution in [3.63, 3.8) is 0 Å². The molecule has 0 bridgehead atoms. The second kappa shape index (κ2) is 15.3. The predicted molar refractivity (Wildman–Crippen MR) is 182 cm³/mol. The number of nitrogens with one attached hydrogen (secondary N) is 1. The Bertz CT molecular complexity index is 1370. The molecule has 0 aliphatic heterocycles. The molecule has 45 heavy (non-hydrogen) atoms. The van der Waals surface area contributed by atoms with Crippen molar-refractivity contribution in [2.45, 2.75) is 112 Å². The van der Waals surface area contributed by atoms with Gasteiger partial charge in [-0.2, -0.15) is 0 Å². The molecule has 0 fully saturated rings. The highest BCUT2D eigenvalue weighted by Crippen LogP contribution is 2.39. The first-order valence-electron chi connectivity index (χ1n) is 15.8. The summed E-state index contributed by atoms with van der Waals surface area (Å²) in [6, 6.07) is 17.2. The van der Waals surface area contributed by atoms with Crippen LogP contribution < -0.4 is 5.32 Å². The molecule has 0 aromatic heterocycles. The number of carbonyl (C=O) groups excluding carboxylic acids is 4. The van der Waals surface area contributed by atoms with E-state index in [1.807, 2.05) is 63.3 Å². The molecule has 0 aliphatic carbocycles. The summed E-state index contributed by atoms with van der Waals surface area (Å²) in [7, 11) is -2.59. The van der Waals surface area contributed by atoms with E-state index in [4.69, 9.17) is 9.16 Å². The smallest absolute Gasteiger partial charge is 0.337 e. The molecular formula is C37H53NO6Si. The third-order valence-electron chi connectivity index (χ3n) is 9.71. The minimum atomic E-state index is -2.59. The Morgan fingerprint density at radius 3 is 1.84 bits per heavy atom. The van der Waals surface area contributed by atoms with Gasteiger partial charge in [-0.3, -0.25) is 14.4 Å². The van der Waals surface area contributed by atoms with Crippen LogP contribution in [-0.2, 0) is 23.5 Å². The van der Waals surface area contributed by atoms with Gasteiger partial charge in [0.15, 0.2) is 14.4 Å². The van der Waals surface area contributed by atoms with Crippen LogP contribution in [0.3, 0.4) is 0 Å². The van der Waals surface area contributed by atoms with Crippen molar-refractivity contribution in [2.75, 3.05) is 0 Å². The fourth-order valence-electron chi connectivity index (χ4n) is 4.57. The summed E-state index contributed by atoms with van der Waals surface area (Å²) >= 11 is 0. The summed E-state index contributed by atoms with van der Waals surface area (Å²) < 4.78 is 12.8. The first-order chi connectivity index (χ1) is 20.8. The molecule has 8 heteroatoms. The van der Waals surface area contributed by atoms with E-state index in [0.29, 0.717) is 16.7 Å². The van der Waals surface area contributed by atoms with Gasteiger partial charge in [0.1, 0.15) is 6.10 Å². The van der Waals surface area contributed by atoms with E-state index in [-0.39, 0.29) is 22.4 Å². The Morgan fingerprint density at radius 2 is 1.36 bits per heavy atom. The minimum absolute atomic E-state index is 0.0200. The summed E-state index contributed by atoms with van der Waals surface area (Å²) in [5, 5.41) is 2.80. The lowest BCUT2D eigenvalue weighted by Crippen LogP contribution is -2.52. The Hall–Kier alpha value is -3.36. The maximum atomic E-state index is 14.2. The second-order valence-corrected chi connectivity index (χ2v) is 18.9. The van der Waals surface area contributed by atoms with Gasteiger partial charge in [0, 0.05) is 16.6 Å². The van der Waals surface area contributed by atoms with Gasteiger partial charge in [0.05, 0.1) is 6.04 Å². The van der Waals surface area contributed by atoms with Crippen LogP contribution in [0.2, 0.25) is 18.1 Å². The topological polar surface area (TPSA) is 98.8 Å². The van der Waals surface area contributed by atoms with Gasteiger partial charge < -0.3 is 14.5 Å². The summed E-state index contributed by atoms with van der Waals surface area (Å²) in [6.45, 7) is 22.8.